The molecule has 2 heterocycles. The minimum atomic E-state index is -4.01. The summed E-state index contributed by atoms with van der Waals surface area (Å²) < 4.78 is 29.0. The minimum Gasteiger partial charge on any atom is -0.293 e. The van der Waals surface area contributed by atoms with Crippen LogP contribution in [-0.2, 0) is 19.8 Å². The maximum Gasteiger partial charge on any atom is 0.282 e. The average Bonchev–Trinajstić information content (AvgIpc) is 3.05. The summed E-state index contributed by atoms with van der Waals surface area (Å²) >= 11 is 5.85. The number of fused-ring (bicyclic) bond motifs is 1. The monoisotopic (exact) mass is 481 g/mol. The zero-order valence-corrected chi connectivity index (χ0v) is 20.1. The lowest BCUT2D eigenvalue weighted by molar-refractivity contribution is -0.146. The molecule has 174 valence electrons. The van der Waals surface area contributed by atoms with Gasteiger partial charge in [0.1, 0.15) is 0 Å². The van der Waals surface area contributed by atoms with E-state index in [0.29, 0.717) is 17.0 Å². The highest BCUT2D eigenvalue weighted by molar-refractivity contribution is 7.86. The van der Waals surface area contributed by atoms with Crippen LogP contribution in [0.4, 0.5) is 0 Å². The first-order valence-corrected chi connectivity index (χ1v) is 12.6. The van der Waals surface area contributed by atoms with Gasteiger partial charge in [-0.2, -0.15) is 17.0 Å². The fourth-order valence-corrected chi connectivity index (χ4v) is 6.90. The number of benzene rings is 1. The second-order valence-corrected chi connectivity index (χ2v) is 11.7. The summed E-state index contributed by atoms with van der Waals surface area (Å²) in [5.41, 5.74) is 0.365. The van der Waals surface area contributed by atoms with Gasteiger partial charge in [-0.25, -0.2) is 0 Å². The Labute approximate surface area is 193 Å². The molecule has 2 amide bonds. The van der Waals surface area contributed by atoms with Crippen molar-refractivity contribution in [3.05, 3.63) is 34.9 Å². The molecule has 1 unspecified atom stereocenters. The Morgan fingerprint density at radius 2 is 1.72 bits per heavy atom. The van der Waals surface area contributed by atoms with Gasteiger partial charge in [0.2, 0.25) is 11.8 Å². The van der Waals surface area contributed by atoms with Crippen LogP contribution in [0.1, 0.15) is 37.6 Å². The minimum absolute atomic E-state index is 0.171. The second kappa shape index (κ2) is 8.20. The molecule has 8 nitrogen and oxygen atoms in total. The van der Waals surface area contributed by atoms with Crippen molar-refractivity contribution < 1.29 is 22.8 Å². The van der Waals surface area contributed by atoms with Crippen LogP contribution in [0.2, 0.25) is 5.02 Å². The lowest BCUT2D eigenvalue weighted by Gasteiger charge is -2.29. The molecule has 2 aliphatic heterocycles. The summed E-state index contributed by atoms with van der Waals surface area (Å²) in [6, 6.07) is 5.19. The number of imide groups is 1. The number of amides is 2. The molecule has 1 aliphatic carbocycles. The number of Topliss-reactive ketones (excluding diaryl/α,β-unsaturated/α-hetero) is 1. The highest BCUT2D eigenvalue weighted by atomic mass is 35.5. The number of rotatable bonds is 6. The third-order valence-corrected chi connectivity index (χ3v) is 9.60. The molecule has 1 aromatic rings. The number of ketones is 1. The highest BCUT2D eigenvalue weighted by Crippen LogP contribution is 2.49. The number of halogens is 1. The summed E-state index contributed by atoms with van der Waals surface area (Å²) in [5, 5.41) is 0.486. The molecule has 6 atom stereocenters. The summed E-state index contributed by atoms with van der Waals surface area (Å²) in [6.07, 6.45) is 0.403. The predicted molar refractivity (Wildman–Crippen MR) is 119 cm³/mol. The van der Waals surface area contributed by atoms with Crippen molar-refractivity contribution in [1.82, 2.24) is 13.5 Å². The van der Waals surface area contributed by atoms with Gasteiger partial charge >= 0.3 is 0 Å². The number of nitrogens with zero attached hydrogens (tertiary/aromatic N) is 3. The van der Waals surface area contributed by atoms with Crippen LogP contribution < -0.4 is 0 Å². The highest BCUT2D eigenvalue weighted by Gasteiger charge is 2.60. The van der Waals surface area contributed by atoms with Crippen LogP contribution in [0.25, 0.3) is 0 Å². The molecule has 0 bridgehead atoms. The molecule has 0 spiro atoms. The third kappa shape index (κ3) is 3.69. The number of hydrogen-bond donors (Lipinski definition) is 0. The van der Waals surface area contributed by atoms with Gasteiger partial charge in [-0.05, 0) is 42.5 Å². The van der Waals surface area contributed by atoms with Crippen LogP contribution in [0.15, 0.2) is 24.3 Å². The van der Waals surface area contributed by atoms with Crippen LogP contribution >= 0.6 is 11.6 Å². The smallest absolute Gasteiger partial charge is 0.282 e. The Bertz CT molecular complexity index is 1050. The molecule has 2 saturated heterocycles. The molecule has 0 N–H and O–H groups in total. The topological polar surface area (TPSA) is 95.1 Å². The number of hydrogen-bond acceptors (Lipinski definition) is 5. The summed E-state index contributed by atoms with van der Waals surface area (Å²) in [6.45, 7) is 5.54. The van der Waals surface area contributed by atoms with Crippen molar-refractivity contribution in [2.45, 2.75) is 39.3 Å². The van der Waals surface area contributed by atoms with Gasteiger partial charge in [0.25, 0.3) is 10.2 Å². The van der Waals surface area contributed by atoms with Crippen LogP contribution in [0.5, 0.6) is 0 Å². The lowest BCUT2D eigenvalue weighted by Crippen LogP contribution is -2.49. The molecule has 10 heteroatoms. The van der Waals surface area contributed by atoms with E-state index in [1.807, 2.05) is 13.8 Å². The molecule has 3 aliphatic rings. The van der Waals surface area contributed by atoms with E-state index in [1.165, 1.54) is 16.3 Å². The van der Waals surface area contributed by atoms with Crippen molar-refractivity contribution in [2.24, 2.45) is 23.7 Å². The molecular formula is C22H28ClN3O5S. The van der Waals surface area contributed by atoms with Gasteiger partial charge in [0, 0.05) is 30.1 Å². The number of likely N-dealkylation sites (tertiary alicyclic amines) is 1. The standard InChI is InChI=1S/C22H28ClN3O5S/c1-12-13(2)19(12)22(29)26-17-9-10-25(20(17)14(3)21(26)28)32(30,31)24(4)11-18(27)15-5-7-16(23)8-6-15/h5-8,12-14,17,19-20H,9-11H2,1-4H3/t12-,13+,14-,17-,19?,20+/m0/s1. The fraction of sp³-hybridized carbons (Fsp3) is 0.591. The first-order chi connectivity index (χ1) is 15.0. The van der Waals surface area contributed by atoms with Gasteiger partial charge in [0.05, 0.1) is 24.5 Å². The molecule has 1 saturated carbocycles. The van der Waals surface area contributed by atoms with E-state index in [4.69, 9.17) is 11.6 Å². The first-order valence-electron chi connectivity index (χ1n) is 10.9. The molecule has 32 heavy (non-hydrogen) atoms. The van der Waals surface area contributed by atoms with Gasteiger partial charge < -0.3 is 0 Å². The Kier molecular flexibility index (Phi) is 5.98. The molecule has 1 aromatic carbocycles. The van der Waals surface area contributed by atoms with Crippen LogP contribution in [0.3, 0.4) is 0 Å². The lowest BCUT2D eigenvalue weighted by atomic mass is 10.0. The quantitative estimate of drug-likeness (QED) is 0.457. The maximum absolute atomic E-state index is 13.3. The zero-order valence-electron chi connectivity index (χ0n) is 18.6. The molecular weight excluding hydrogens is 454 g/mol. The summed E-state index contributed by atoms with van der Waals surface area (Å²) in [5.74, 6) is -1.17. The van der Waals surface area contributed by atoms with Crippen molar-refractivity contribution in [3.8, 4) is 0 Å². The van der Waals surface area contributed by atoms with Crippen molar-refractivity contribution >= 4 is 39.4 Å². The van der Waals surface area contributed by atoms with E-state index in [0.717, 1.165) is 4.31 Å². The normalized spacial score (nSPS) is 32.4. The largest absolute Gasteiger partial charge is 0.293 e. The van der Waals surface area contributed by atoms with Crippen molar-refractivity contribution in [1.29, 1.82) is 0 Å². The number of likely N-dealkylation sites (N-methyl/N-ethyl adjacent to an activating group) is 1. The van der Waals surface area contributed by atoms with Crippen molar-refractivity contribution in [3.63, 3.8) is 0 Å². The van der Waals surface area contributed by atoms with E-state index < -0.39 is 28.2 Å². The molecule has 0 aromatic heterocycles. The van der Waals surface area contributed by atoms with Gasteiger partial charge in [-0.1, -0.05) is 32.4 Å². The molecule has 0 radical (unpaired) electrons. The van der Waals surface area contributed by atoms with E-state index in [2.05, 4.69) is 0 Å². The van der Waals surface area contributed by atoms with Crippen LogP contribution in [-0.4, -0.2) is 71.7 Å². The van der Waals surface area contributed by atoms with E-state index in [1.54, 1.807) is 31.2 Å². The Hall–Kier alpha value is -1.81. The van der Waals surface area contributed by atoms with E-state index in [9.17, 15) is 22.8 Å². The van der Waals surface area contributed by atoms with E-state index >= 15 is 0 Å². The Morgan fingerprint density at radius 1 is 1.12 bits per heavy atom. The molecule has 4 rings (SSSR count). The summed E-state index contributed by atoms with van der Waals surface area (Å²) in [7, 11) is -2.65. The summed E-state index contributed by atoms with van der Waals surface area (Å²) in [4.78, 5) is 39.9. The second-order valence-electron chi connectivity index (χ2n) is 9.23. The SMILES string of the molecule is C[C@@H]1C(=O)N(C(=O)C2[C@@H](C)[C@H]2C)[C@H]2CCN(S(=O)(=O)N(C)CC(=O)c3ccc(Cl)cc3)[C@H]12. The maximum atomic E-state index is 13.3. The first kappa shape index (κ1) is 23.4. The van der Waals surface area contributed by atoms with Gasteiger partial charge in [-0.3, -0.25) is 19.3 Å². The number of carbonyl (C=O) groups is 3. The Balaban J connectivity index is 1.51. The Morgan fingerprint density at radius 3 is 2.28 bits per heavy atom. The fourth-order valence-electron chi connectivity index (χ4n) is 5.17. The van der Waals surface area contributed by atoms with Gasteiger partial charge in [-0.15, -0.1) is 0 Å². The van der Waals surface area contributed by atoms with Gasteiger partial charge in [0.15, 0.2) is 5.78 Å². The third-order valence-electron chi connectivity index (χ3n) is 7.41. The molecule has 3 fully saturated rings. The zero-order chi connectivity index (χ0) is 23.5. The predicted octanol–water partition coefficient (Wildman–Crippen LogP) is 2.05. The van der Waals surface area contributed by atoms with E-state index in [-0.39, 0.29) is 48.4 Å². The average molecular weight is 482 g/mol. The van der Waals surface area contributed by atoms with Crippen LogP contribution in [0, 0.1) is 23.7 Å². The number of carbonyl (C=O) groups excluding carboxylic acids is 3. The van der Waals surface area contributed by atoms with Crippen molar-refractivity contribution in [2.75, 3.05) is 20.1 Å².